The number of nitrogens with one attached hydrogen (secondary N) is 3. The predicted octanol–water partition coefficient (Wildman–Crippen LogP) is 2.73. The van der Waals surface area contributed by atoms with Crippen molar-refractivity contribution < 1.29 is 4.79 Å². The Morgan fingerprint density at radius 1 is 1.39 bits per heavy atom. The third-order valence-electron chi connectivity index (χ3n) is 5.32. The first-order valence-electron chi connectivity index (χ1n) is 9.57. The molecule has 1 amide bonds. The van der Waals surface area contributed by atoms with E-state index in [4.69, 9.17) is 0 Å². The molecule has 7 nitrogen and oxygen atoms in total. The number of halogens is 1. The molecular formula is C19H27ClN6OS. The van der Waals surface area contributed by atoms with E-state index in [9.17, 15) is 4.79 Å². The second-order valence-electron chi connectivity index (χ2n) is 7.25. The number of hydrogen-bond acceptors (Lipinski definition) is 6. The molecule has 0 radical (unpaired) electrons. The van der Waals surface area contributed by atoms with E-state index >= 15 is 0 Å². The van der Waals surface area contributed by atoms with Crippen LogP contribution in [0.4, 0.5) is 5.82 Å². The highest BCUT2D eigenvalue weighted by Crippen LogP contribution is 2.30. The third kappa shape index (κ3) is 4.29. The molecule has 2 aromatic heterocycles. The Bertz CT molecular complexity index is 863. The molecule has 0 saturated carbocycles. The van der Waals surface area contributed by atoms with Gasteiger partial charge < -0.3 is 20.5 Å². The normalized spacial score (nSPS) is 21.0. The van der Waals surface area contributed by atoms with Gasteiger partial charge in [-0.15, -0.1) is 24.2 Å². The Morgan fingerprint density at radius 2 is 2.25 bits per heavy atom. The average Bonchev–Trinajstić information content (AvgIpc) is 3.10. The average molecular weight is 423 g/mol. The number of aromatic amines is 1. The molecule has 28 heavy (non-hydrogen) atoms. The van der Waals surface area contributed by atoms with Crippen LogP contribution in [0.5, 0.6) is 0 Å². The zero-order chi connectivity index (χ0) is 18.8. The van der Waals surface area contributed by atoms with Gasteiger partial charge in [-0.25, -0.2) is 9.97 Å². The highest BCUT2D eigenvalue weighted by atomic mass is 35.5. The molecular weight excluding hydrogens is 396 g/mol. The molecule has 2 aliphatic heterocycles. The Hall–Kier alpha value is -1.77. The molecule has 2 aromatic rings. The van der Waals surface area contributed by atoms with Gasteiger partial charge in [0.05, 0.1) is 10.3 Å². The molecule has 4 heterocycles. The van der Waals surface area contributed by atoms with Crippen molar-refractivity contribution in [1.29, 1.82) is 0 Å². The molecule has 2 aliphatic rings. The summed E-state index contributed by atoms with van der Waals surface area (Å²) in [5.41, 5.74) is 1.93. The number of nitrogens with zero attached hydrogens (tertiary/aromatic N) is 3. The van der Waals surface area contributed by atoms with Crippen molar-refractivity contribution >= 4 is 46.9 Å². The van der Waals surface area contributed by atoms with Gasteiger partial charge in [-0.3, -0.25) is 4.79 Å². The molecule has 152 valence electrons. The fourth-order valence-electron chi connectivity index (χ4n) is 3.79. The van der Waals surface area contributed by atoms with Gasteiger partial charge in [0, 0.05) is 36.8 Å². The van der Waals surface area contributed by atoms with Crippen LogP contribution in [0.2, 0.25) is 0 Å². The molecule has 2 atom stereocenters. The minimum atomic E-state index is 0. The van der Waals surface area contributed by atoms with Gasteiger partial charge in [0.25, 0.3) is 5.91 Å². The maximum absolute atomic E-state index is 12.8. The van der Waals surface area contributed by atoms with Crippen molar-refractivity contribution in [2.24, 2.45) is 0 Å². The summed E-state index contributed by atoms with van der Waals surface area (Å²) >= 11 is 1.61. The summed E-state index contributed by atoms with van der Waals surface area (Å²) in [7, 11) is 0. The summed E-state index contributed by atoms with van der Waals surface area (Å²) in [6.07, 6.45) is 9.00. The zero-order valence-corrected chi connectivity index (χ0v) is 17.8. The van der Waals surface area contributed by atoms with Crippen LogP contribution in [0, 0.1) is 6.92 Å². The molecule has 0 aromatic carbocycles. The Balaban J connectivity index is 0.00000225. The van der Waals surface area contributed by atoms with Gasteiger partial charge in [0.15, 0.2) is 0 Å². The topological polar surface area (TPSA) is 85.9 Å². The molecule has 1 fully saturated rings. The van der Waals surface area contributed by atoms with E-state index in [2.05, 4.69) is 37.4 Å². The van der Waals surface area contributed by atoms with E-state index in [0.717, 1.165) is 52.6 Å². The second-order valence-corrected chi connectivity index (χ2v) is 8.38. The van der Waals surface area contributed by atoms with Crippen LogP contribution >= 0.6 is 24.2 Å². The number of rotatable bonds is 4. The molecule has 1 unspecified atom stereocenters. The lowest BCUT2D eigenvalue weighted by atomic mass is 9.99. The number of amides is 1. The lowest BCUT2D eigenvalue weighted by molar-refractivity contribution is -0.117. The summed E-state index contributed by atoms with van der Waals surface area (Å²) in [5, 5.41) is 7.71. The molecule has 3 N–H and O–H groups in total. The van der Waals surface area contributed by atoms with Crippen molar-refractivity contribution in [3.05, 3.63) is 29.2 Å². The lowest BCUT2D eigenvalue weighted by Gasteiger charge is -2.31. The SMILES string of the molecule is Cc1c[nH]c2ncnc(N3C=C(C(=O)NC(C)[C@H]4CCCCN4)SCC3)c12.Cl. The number of hydrogen-bond donors (Lipinski definition) is 3. The minimum Gasteiger partial charge on any atom is -0.348 e. The van der Waals surface area contributed by atoms with Crippen molar-refractivity contribution in [1.82, 2.24) is 25.6 Å². The number of H-pyrrole nitrogens is 1. The number of anilines is 1. The number of aromatic nitrogens is 3. The van der Waals surface area contributed by atoms with Crippen molar-refractivity contribution in [2.75, 3.05) is 23.7 Å². The highest BCUT2D eigenvalue weighted by molar-refractivity contribution is 8.04. The molecule has 9 heteroatoms. The Labute approximate surface area is 175 Å². The molecule has 1 saturated heterocycles. The van der Waals surface area contributed by atoms with Crippen molar-refractivity contribution in [3.8, 4) is 0 Å². The molecule has 0 spiro atoms. The smallest absolute Gasteiger partial charge is 0.259 e. The van der Waals surface area contributed by atoms with Crippen LogP contribution in [0.3, 0.4) is 0 Å². The number of carbonyl (C=O) groups excluding carboxylic acids is 1. The van der Waals surface area contributed by atoms with Crippen LogP contribution in [-0.4, -0.2) is 51.8 Å². The monoisotopic (exact) mass is 422 g/mol. The largest absolute Gasteiger partial charge is 0.348 e. The fourth-order valence-corrected chi connectivity index (χ4v) is 4.69. The summed E-state index contributed by atoms with van der Waals surface area (Å²) < 4.78 is 0. The third-order valence-corrected chi connectivity index (χ3v) is 6.30. The van der Waals surface area contributed by atoms with Crippen LogP contribution in [0.1, 0.15) is 31.7 Å². The second kappa shape index (κ2) is 9.15. The summed E-state index contributed by atoms with van der Waals surface area (Å²) in [6, 6.07) is 0.476. The lowest BCUT2D eigenvalue weighted by Crippen LogP contribution is -2.50. The van der Waals surface area contributed by atoms with Gasteiger partial charge in [-0.05, 0) is 38.8 Å². The fraction of sp³-hybridized carbons (Fsp3) is 0.526. The first-order valence-corrected chi connectivity index (χ1v) is 10.6. The molecule has 4 rings (SSSR count). The Kier molecular flexibility index (Phi) is 6.85. The van der Waals surface area contributed by atoms with Gasteiger partial charge in [0.1, 0.15) is 17.8 Å². The maximum atomic E-state index is 12.8. The molecule has 0 bridgehead atoms. The van der Waals surface area contributed by atoms with E-state index in [0.29, 0.717) is 6.04 Å². The molecule has 0 aliphatic carbocycles. The summed E-state index contributed by atoms with van der Waals surface area (Å²) in [5.74, 6) is 1.71. The van der Waals surface area contributed by atoms with Crippen LogP contribution in [0.25, 0.3) is 11.0 Å². The van der Waals surface area contributed by atoms with Crippen LogP contribution < -0.4 is 15.5 Å². The summed E-state index contributed by atoms with van der Waals surface area (Å²) in [6.45, 7) is 5.98. The van der Waals surface area contributed by atoms with Crippen LogP contribution in [0.15, 0.2) is 23.6 Å². The maximum Gasteiger partial charge on any atom is 0.259 e. The highest BCUT2D eigenvalue weighted by Gasteiger charge is 2.25. The number of thioether (sulfide) groups is 1. The van der Waals surface area contributed by atoms with Crippen molar-refractivity contribution in [2.45, 2.75) is 45.2 Å². The van der Waals surface area contributed by atoms with Gasteiger partial charge in [-0.1, -0.05) is 6.42 Å². The first-order chi connectivity index (χ1) is 13.1. The zero-order valence-electron chi connectivity index (χ0n) is 16.2. The minimum absolute atomic E-state index is 0. The van der Waals surface area contributed by atoms with E-state index in [1.165, 1.54) is 12.8 Å². The van der Waals surface area contributed by atoms with E-state index in [-0.39, 0.29) is 24.4 Å². The van der Waals surface area contributed by atoms with E-state index < -0.39 is 0 Å². The first kappa shape index (κ1) is 21.0. The van der Waals surface area contributed by atoms with E-state index in [1.54, 1.807) is 18.1 Å². The van der Waals surface area contributed by atoms with Gasteiger partial charge in [-0.2, -0.15) is 0 Å². The van der Waals surface area contributed by atoms with E-state index in [1.807, 2.05) is 19.3 Å². The van der Waals surface area contributed by atoms with Gasteiger partial charge >= 0.3 is 0 Å². The Morgan fingerprint density at radius 3 is 3.04 bits per heavy atom. The number of piperidine rings is 1. The van der Waals surface area contributed by atoms with Crippen molar-refractivity contribution in [3.63, 3.8) is 0 Å². The number of aryl methyl sites for hydroxylation is 1. The number of carbonyl (C=O) groups is 1. The van der Waals surface area contributed by atoms with Crippen LogP contribution in [-0.2, 0) is 4.79 Å². The predicted molar refractivity (Wildman–Crippen MR) is 117 cm³/mol. The standard InChI is InChI=1S/C19H26N6OS.ClH/c1-12-9-21-17-16(12)18(23-11-22-17)25-7-8-27-15(10-25)19(26)24-13(2)14-5-3-4-6-20-14;/h9-11,13-14,20H,3-8H2,1-2H3,(H,24,26)(H,21,22,23);1H/t13?,14-;/m1./s1. The van der Waals surface area contributed by atoms with Gasteiger partial charge in [0.2, 0.25) is 0 Å². The summed E-state index contributed by atoms with van der Waals surface area (Å²) in [4.78, 5) is 27.6. The quantitative estimate of drug-likeness (QED) is 0.702. The number of fused-ring (bicyclic) bond motifs is 1.